The Morgan fingerprint density at radius 1 is 1.08 bits per heavy atom. The molecule has 3 rings (SSSR count). The molecule has 5 nitrogen and oxygen atoms in total. The summed E-state index contributed by atoms with van der Waals surface area (Å²) in [6.07, 6.45) is 8.37. The van der Waals surface area contributed by atoms with Gasteiger partial charge < -0.3 is 14.6 Å². The van der Waals surface area contributed by atoms with Gasteiger partial charge in [-0.1, -0.05) is 12.1 Å². The summed E-state index contributed by atoms with van der Waals surface area (Å²) in [7, 11) is 3.70. The Bertz CT molecular complexity index is 753. The van der Waals surface area contributed by atoms with Gasteiger partial charge in [-0.3, -0.25) is 4.98 Å². The highest BCUT2D eigenvalue weighted by Crippen LogP contribution is 2.19. The quantitative estimate of drug-likeness (QED) is 0.727. The maximum Gasteiger partial charge on any atom is 0.130 e. The molecule has 0 saturated heterocycles. The zero-order chi connectivity index (χ0) is 16.8. The molecule has 24 heavy (non-hydrogen) atoms. The van der Waals surface area contributed by atoms with Crippen molar-refractivity contribution in [3.05, 3.63) is 78.1 Å². The molecule has 5 heteroatoms. The monoisotopic (exact) mass is 322 g/mol. The van der Waals surface area contributed by atoms with Crippen molar-refractivity contribution in [2.24, 2.45) is 7.05 Å². The van der Waals surface area contributed by atoms with Gasteiger partial charge in [-0.05, 0) is 41.8 Å². The number of aromatic nitrogens is 3. The van der Waals surface area contributed by atoms with E-state index in [1.54, 1.807) is 7.11 Å². The van der Waals surface area contributed by atoms with E-state index in [2.05, 4.69) is 27.4 Å². The maximum atomic E-state index is 5.20. The number of hydrogen-bond acceptors (Lipinski definition) is 4. The van der Waals surface area contributed by atoms with Gasteiger partial charge in [0, 0.05) is 38.4 Å². The SMILES string of the molecule is COc1ccc(CCNC(c2ccncc2)c2nccn2C)cc1. The minimum Gasteiger partial charge on any atom is -0.497 e. The Balaban J connectivity index is 1.69. The van der Waals surface area contributed by atoms with E-state index in [9.17, 15) is 0 Å². The molecule has 0 spiro atoms. The van der Waals surface area contributed by atoms with Gasteiger partial charge in [-0.2, -0.15) is 0 Å². The van der Waals surface area contributed by atoms with Gasteiger partial charge in [0.25, 0.3) is 0 Å². The number of methoxy groups -OCH3 is 1. The third-order valence-electron chi connectivity index (χ3n) is 4.08. The van der Waals surface area contributed by atoms with Crippen LogP contribution in [-0.4, -0.2) is 28.2 Å². The summed E-state index contributed by atoms with van der Waals surface area (Å²) in [5.41, 5.74) is 2.44. The molecule has 1 N–H and O–H groups in total. The normalized spacial score (nSPS) is 12.1. The predicted molar refractivity (Wildman–Crippen MR) is 94.0 cm³/mol. The molecule has 3 aromatic rings. The van der Waals surface area contributed by atoms with Crippen LogP contribution in [0, 0.1) is 0 Å². The van der Waals surface area contributed by atoms with Crippen LogP contribution in [0.25, 0.3) is 0 Å². The van der Waals surface area contributed by atoms with E-state index in [0.29, 0.717) is 0 Å². The lowest BCUT2D eigenvalue weighted by molar-refractivity contribution is 0.414. The van der Waals surface area contributed by atoms with Gasteiger partial charge >= 0.3 is 0 Å². The van der Waals surface area contributed by atoms with Crippen LogP contribution >= 0.6 is 0 Å². The molecule has 0 radical (unpaired) electrons. The predicted octanol–water partition coefficient (Wildman–Crippen LogP) is 2.75. The van der Waals surface area contributed by atoms with Crippen molar-refractivity contribution >= 4 is 0 Å². The van der Waals surface area contributed by atoms with Crippen molar-refractivity contribution in [2.75, 3.05) is 13.7 Å². The Morgan fingerprint density at radius 2 is 1.83 bits per heavy atom. The summed E-state index contributed by atoms with van der Waals surface area (Å²) < 4.78 is 7.25. The lowest BCUT2D eigenvalue weighted by atomic mass is 10.1. The number of hydrogen-bond donors (Lipinski definition) is 1. The molecule has 0 aliphatic heterocycles. The van der Waals surface area contributed by atoms with Crippen molar-refractivity contribution < 1.29 is 4.74 Å². The molecule has 2 aromatic heterocycles. The van der Waals surface area contributed by atoms with Crippen molar-refractivity contribution in [3.8, 4) is 5.75 Å². The van der Waals surface area contributed by atoms with Gasteiger partial charge in [0.2, 0.25) is 0 Å². The number of pyridine rings is 1. The molecular formula is C19H22N4O. The molecule has 0 saturated carbocycles. The van der Waals surface area contributed by atoms with Crippen LogP contribution in [0.3, 0.4) is 0 Å². The van der Waals surface area contributed by atoms with E-state index in [1.165, 1.54) is 5.56 Å². The second-order valence-electron chi connectivity index (χ2n) is 5.66. The Labute approximate surface area is 142 Å². The zero-order valence-corrected chi connectivity index (χ0v) is 14.0. The molecule has 1 unspecified atom stereocenters. The van der Waals surface area contributed by atoms with E-state index in [1.807, 2.05) is 60.7 Å². The minimum absolute atomic E-state index is 0.0475. The first-order chi connectivity index (χ1) is 11.8. The summed E-state index contributed by atoms with van der Waals surface area (Å²) in [5.74, 6) is 1.88. The third kappa shape index (κ3) is 3.81. The van der Waals surface area contributed by atoms with Gasteiger partial charge in [0.1, 0.15) is 11.6 Å². The Kier molecular flexibility index (Phi) is 5.23. The summed E-state index contributed by atoms with van der Waals surface area (Å²) in [4.78, 5) is 8.61. The van der Waals surface area contributed by atoms with E-state index < -0.39 is 0 Å². The van der Waals surface area contributed by atoms with E-state index in [-0.39, 0.29) is 6.04 Å². The van der Waals surface area contributed by atoms with Crippen LogP contribution in [0.4, 0.5) is 0 Å². The number of aryl methyl sites for hydroxylation is 1. The second-order valence-corrected chi connectivity index (χ2v) is 5.66. The van der Waals surface area contributed by atoms with Crippen LogP contribution in [0.5, 0.6) is 5.75 Å². The topological polar surface area (TPSA) is 52.0 Å². The average molecular weight is 322 g/mol. The molecule has 1 aromatic carbocycles. The average Bonchev–Trinajstić information content (AvgIpc) is 3.06. The van der Waals surface area contributed by atoms with E-state index in [0.717, 1.165) is 30.1 Å². The van der Waals surface area contributed by atoms with Crippen LogP contribution in [0.15, 0.2) is 61.2 Å². The van der Waals surface area contributed by atoms with Crippen molar-refractivity contribution in [3.63, 3.8) is 0 Å². The number of benzene rings is 1. The zero-order valence-electron chi connectivity index (χ0n) is 14.0. The fraction of sp³-hybridized carbons (Fsp3) is 0.263. The van der Waals surface area contributed by atoms with E-state index >= 15 is 0 Å². The van der Waals surface area contributed by atoms with Crippen LogP contribution in [-0.2, 0) is 13.5 Å². The first-order valence-electron chi connectivity index (χ1n) is 8.01. The molecule has 124 valence electrons. The van der Waals surface area contributed by atoms with Crippen molar-refractivity contribution in [1.29, 1.82) is 0 Å². The van der Waals surface area contributed by atoms with Gasteiger partial charge in [0.05, 0.1) is 13.2 Å². The smallest absolute Gasteiger partial charge is 0.130 e. The summed E-state index contributed by atoms with van der Waals surface area (Å²) in [5, 5.41) is 3.61. The van der Waals surface area contributed by atoms with E-state index in [4.69, 9.17) is 4.74 Å². The van der Waals surface area contributed by atoms with Gasteiger partial charge in [-0.25, -0.2) is 4.98 Å². The molecule has 2 heterocycles. The molecule has 1 atom stereocenters. The molecule has 0 bridgehead atoms. The lowest BCUT2D eigenvalue weighted by Gasteiger charge is -2.19. The number of imidazole rings is 1. The van der Waals surface area contributed by atoms with Crippen LogP contribution in [0.2, 0.25) is 0 Å². The van der Waals surface area contributed by atoms with Crippen LogP contribution in [0.1, 0.15) is 23.0 Å². The number of rotatable bonds is 7. The van der Waals surface area contributed by atoms with Crippen molar-refractivity contribution in [2.45, 2.75) is 12.5 Å². The Hall–Kier alpha value is -2.66. The molecule has 0 amide bonds. The van der Waals surface area contributed by atoms with Gasteiger partial charge in [-0.15, -0.1) is 0 Å². The van der Waals surface area contributed by atoms with Crippen LogP contribution < -0.4 is 10.1 Å². The number of nitrogens with one attached hydrogen (secondary N) is 1. The molecule has 0 fully saturated rings. The lowest BCUT2D eigenvalue weighted by Crippen LogP contribution is -2.27. The van der Waals surface area contributed by atoms with Crippen molar-refractivity contribution in [1.82, 2.24) is 19.9 Å². The molecule has 0 aliphatic carbocycles. The first-order valence-corrected chi connectivity index (χ1v) is 8.01. The maximum absolute atomic E-state index is 5.20. The largest absolute Gasteiger partial charge is 0.497 e. The second kappa shape index (κ2) is 7.75. The van der Waals surface area contributed by atoms with Gasteiger partial charge in [0.15, 0.2) is 0 Å². The Morgan fingerprint density at radius 3 is 2.46 bits per heavy atom. The molecule has 0 aliphatic rings. The highest BCUT2D eigenvalue weighted by molar-refractivity contribution is 5.27. The standard InChI is InChI=1S/C19H22N4O/c1-23-14-13-22-19(23)18(16-8-10-20-11-9-16)21-12-7-15-3-5-17(24-2)6-4-15/h3-6,8-11,13-14,18,21H,7,12H2,1-2H3. The molecular weight excluding hydrogens is 300 g/mol. The highest BCUT2D eigenvalue weighted by Gasteiger charge is 2.17. The minimum atomic E-state index is 0.0475. The fourth-order valence-electron chi connectivity index (χ4n) is 2.72. The highest BCUT2D eigenvalue weighted by atomic mass is 16.5. The first kappa shape index (κ1) is 16.2. The number of nitrogens with zero attached hydrogens (tertiary/aromatic N) is 3. The summed E-state index contributed by atoms with van der Waals surface area (Å²) >= 11 is 0. The summed E-state index contributed by atoms with van der Waals surface area (Å²) in [6.45, 7) is 0.853. The number of ether oxygens (including phenoxy) is 1. The summed E-state index contributed by atoms with van der Waals surface area (Å²) in [6, 6.07) is 12.3. The fourth-order valence-corrected chi connectivity index (χ4v) is 2.72. The third-order valence-corrected chi connectivity index (χ3v) is 4.08.